The van der Waals surface area contributed by atoms with Crippen molar-refractivity contribution >= 4 is 28.5 Å². The van der Waals surface area contributed by atoms with Gasteiger partial charge < -0.3 is 0 Å². The number of hydrogen-bond donors (Lipinski definition) is 1. The lowest BCUT2D eigenvalue weighted by atomic mass is 10.2. The summed E-state index contributed by atoms with van der Waals surface area (Å²) in [7, 11) is 0. The second-order valence-electron chi connectivity index (χ2n) is 6.17. The zero-order chi connectivity index (χ0) is 18.8. The molecule has 0 radical (unpaired) electrons. The molecule has 3 heterocycles. The van der Waals surface area contributed by atoms with Crippen LogP contribution in [-0.4, -0.2) is 35.0 Å². The highest BCUT2D eigenvalue weighted by Crippen LogP contribution is 2.08. The van der Waals surface area contributed by atoms with Gasteiger partial charge in [-0.3, -0.25) is 23.9 Å². The lowest BCUT2D eigenvalue weighted by Crippen LogP contribution is -2.22. The summed E-state index contributed by atoms with van der Waals surface area (Å²) in [6, 6.07) is 9.01. The van der Waals surface area contributed by atoms with E-state index in [9.17, 15) is 9.59 Å². The highest BCUT2D eigenvalue weighted by atomic mass is 16.2. The van der Waals surface area contributed by atoms with Crippen LogP contribution in [-0.2, 0) is 11.3 Å². The Kier molecular flexibility index (Phi) is 4.33. The van der Waals surface area contributed by atoms with Crippen LogP contribution in [0.15, 0.2) is 47.7 Å². The summed E-state index contributed by atoms with van der Waals surface area (Å²) in [5, 5.41) is 11.2. The zero-order valence-electron chi connectivity index (χ0n) is 14.7. The zero-order valence-corrected chi connectivity index (χ0v) is 14.7. The van der Waals surface area contributed by atoms with Crippen molar-refractivity contribution < 1.29 is 4.79 Å². The minimum atomic E-state index is -0.202. The van der Waals surface area contributed by atoms with E-state index in [-0.39, 0.29) is 17.9 Å². The molecule has 1 N–H and O–H groups in total. The van der Waals surface area contributed by atoms with Crippen LogP contribution in [0.25, 0.3) is 16.7 Å². The van der Waals surface area contributed by atoms with Gasteiger partial charge in [0.25, 0.3) is 11.3 Å². The Hall–Kier alpha value is -3.62. The second-order valence-corrected chi connectivity index (χ2v) is 6.17. The molecule has 0 aliphatic carbocycles. The Labute approximate surface area is 153 Å². The molecule has 0 bridgehead atoms. The Morgan fingerprint density at radius 1 is 1.19 bits per heavy atom. The standard InChI is InChI=1S/C18H17N7O2/c1-12-8-10-25-17(20-12)22-23-18(25)21-15(26)7-4-9-24-11-19-14-6-3-2-5-13(14)16(24)27/h2-3,5-6,8,10-11H,4,7,9H2,1H3,(H,21,23,26). The first-order chi connectivity index (χ1) is 13.1. The predicted octanol–water partition coefficient (Wildman–Crippen LogP) is 1.56. The third-order valence-electron chi connectivity index (χ3n) is 4.20. The monoisotopic (exact) mass is 363 g/mol. The normalized spacial score (nSPS) is 11.1. The summed E-state index contributed by atoms with van der Waals surface area (Å²) in [5.74, 6) is 0.554. The van der Waals surface area contributed by atoms with Crippen LogP contribution in [0.2, 0.25) is 0 Å². The number of amides is 1. The molecule has 27 heavy (non-hydrogen) atoms. The molecule has 9 heteroatoms. The van der Waals surface area contributed by atoms with Crippen LogP contribution in [0.3, 0.4) is 0 Å². The van der Waals surface area contributed by atoms with Crippen LogP contribution in [0.1, 0.15) is 18.5 Å². The summed E-state index contributed by atoms with van der Waals surface area (Å²) < 4.78 is 3.14. The van der Waals surface area contributed by atoms with E-state index < -0.39 is 0 Å². The van der Waals surface area contributed by atoms with Gasteiger partial charge in [-0.25, -0.2) is 9.97 Å². The molecule has 0 aliphatic heterocycles. The van der Waals surface area contributed by atoms with Crippen LogP contribution >= 0.6 is 0 Å². The Morgan fingerprint density at radius 3 is 2.93 bits per heavy atom. The van der Waals surface area contributed by atoms with Gasteiger partial charge in [0.05, 0.1) is 17.2 Å². The van der Waals surface area contributed by atoms with Crippen LogP contribution in [0.5, 0.6) is 0 Å². The van der Waals surface area contributed by atoms with Crippen LogP contribution in [0.4, 0.5) is 5.95 Å². The fraction of sp³-hybridized carbons (Fsp3) is 0.222. The maximum absolute atomic E-state index is 12.4. The molecular weight excluding hydrogens is 346 g/mol. The van der Waals surface area contributed by atoms with Crippen molar-refractivity contribution in [2.45, 2.75) is 26.3 Å². The number of benzene rings is 1. The van der Waals surface area contributed by atoms with E-state index in [4.69, 9.17) is 0 Å². The lowest BCUT2D eigenvalue weighted by molar-refractivity contribution is -0.116. The van der Waals surface area contributed by atoms with Gasteiger partial charge in [-0.2, -0.15) is 0 Å². The Balaban J connectivity index is 1.39. The van der Waals surface area contributed by atoms with Gasteiger partial charge in [0.2, 0.25) is 11.9 Å². The number of para-hydroxylation sites is 1. The molecule has 1 aromatic carbocycles. The smallest absolute Gasteiger partial charge is 0.261 e. The van der Waals surface area contributed by atoms with E-state index in [1.165, 1.54) is 10.9 Å². The van der Waals surface area contributed by atoms with Crippen LogP contribution < -0.4 is 10.9 Å². The molecule has 3 aromatic heterocycles. The molecule has 0 atom stereocenters. The van der Waals surface area contributed by atoms with Gasteiger partial charge in [-0.05, 0) is 31.5 Å². The van der Waals surface area contributed by atoms with Gasteiger partial charge >= 0.3 is 0 Å². The number of nitrogens with zero attached hydrogens (tertiary/aromatic N) is 6. The van der Waals surface area contributed by atoms with Crippen molar-refractivity contribution in [3.05, 3.63) is 58.9 Å². The number of anilines is 1. The highest BCUT2D eigenvalue weighted by molar-refractivity contribution is 5.89. The number of aromatic nitrogens is 6. The molecule has 4 rings (SSSR count). The van der Waals surface area contributed by atoms with Crippen molar-refractivity contribution in [2.24, 2.45) is 0 Å². The minimum Gasteiger partial charge on any atom is -0.299 e. The van der Waals surface area contributed by atoms with Gasteiger partial charge in [0.1, 0.15) is 0 Å². The van der Waals surface area contributed by atoms with Crippen LogP contribution in [0, 0.1) is 6.92 Å². The fourth-order valence-electron chi connectivity index (χ4n) is 2.82. The number of carbonyl (C=O) groups excluding carboxylic acids is 1. The Bertz CT molecular complexity index is 1200. The summed E-state index contributed by atoms with van der Waals surface area (Å²) in [5.41, 5.74) is 1.38. The van der Waals surface area contributed by atoms with Gasteiger partial charge in [-0.15, -0.1) is 10.2 Å². The topological polar surface area (TPSA) is 107 Å². The van der Waals surface area contributed by atoms with Crippen molar-refractivity contribution in [3.8, 4) is 0 Å². The number of carbonyl (C=O) groups is 1. The third kappa shape index (κ3) is 3.39. The molecule has 0 unspecified atom stereocenters. The maximum Gasteiger partial charge on any atom is 0.261 e. The molecular formula is C18H17N7O2. The van der Waals surface area contributed by atoms with E-state index in [1.807, 2.05) is 25.1 Å². The van der Waals surface area contributed by atoms with Crippen molar-refractivity contribution in [1.29, 1.82) is 0 Å². The number of nitrogens with one attached hydrogen (secondary N) is 1. The quantitative estimate of drug-likeness (QED) is 0.577. The van der Waals surface area contributed by atoms with E-state index in [2.05, 4.69) is 25.5 Å². The van der Waals surface area contributed by atoms with E-state index in [0.29, 0.717) is 35.6 Å². The van der Waals surface area contributed by atoms with Crippen molar-refractivity contribution in [1.82, 2.24) is 29.1 Å². The van der Waals surface area contributed by atoms with Gasteiger partial charge in [0, 0.05) is 24.9 Å². The first-order valence-electron chi connectivity index (χ1n) is 8.54. The molecule has 9 nitrogen and oxygen atoms in total. The first-order valence-corrected chi connectivity index (χ1v) is 8.54. The maximum atomic E-state index is 12.4. The SMILES string of the molecule is Cc1ccn2c(NC(=O)CCCn3cnc4ccccc4c3=O)nnc2n1. The average molecular weight is 363 g/mol. The molecule has 0 saturated carbocycles. The second kappa shape index (κ2) is 6.94. The first kappa shape index (κ1) is 16.8. The van der Waals surface area contributed by atoms with E-state index in [0.717, 1.165) is 5.69 Å². The summed E-state index contributed by atoms with van der Waals surface area (Å²) in [6.07, 6.45) is 4.02. The van der Waals surface area contributed by atoms with Crippen molar-refractivity contribution in [2.75, 3.05) is 5.32 Å². The molecule has 136 valence electrons. The fourth-order valence-corrected chi connectivity index (χ4v) is 2.82. The summed E-state index contributed by atoms with van der Waals surface area (Å²) in [4.78, 5) is 33.1. The molecule has 0 aliphatic rings. The van der Waals surface area contributed by atoms with Crippen molar-refractivity contribution in [3.63, 3.8) is 0 Å². The third-order valence-corrected chi connectivity index (χ3v) is 4.20. The van der Waals surface area contributed by atoms with Gasteiger partial charge in [-0.1, -0.05) is 12.1 Å². The summed E-state index contributed by atoms with van der Waals surface area (Å²) in [6.45, 7) is 2.27. The largest absolute Gasteiger partial charge is 0.299 e. The molecule has 1 amide bonds. The summed E-state index contributed by atoms with van der Waals surface area (Å²) >= 11 is 0. The van der Waals surface area contributed by atoms with E-state index in [1.54, 1.807) is 22.7 Å². The van der Waals surface area contributed by atoms with E-state index >= 15 is 0 Å². The molecule has 4 aromatic rings. The predicted molar refractivity (Wildman–Crippen MR) is 99.4 cm³/mol. The van der Waals surface area contributed by atoms with Gasteiger partial charge in [0.15, 0.2) is 0 Å². The average Bonchev–Trinajstić information content (AvgIpc) is 3.05. The molecule has 0 fully saturated rings. The number of hydrogen-bond acceptors (Lipinski definition) is 6. The lowest BCUT2D eigenvalue weighted by Gasteiger charge is -2.07. The number of rotatable bonds is 5. The Morgan fingerprint density at radius 2 is 2.04 bits per heavy atom. The molecule has 0 spiro atoms. The molecule has 0 saturated heterocycles. The highest BCUT2D eigenvalue weighted by Gasteiger charge is 2.10. The minimum absolute atomic E-state index is 0.106. The number of aryl methyl sites for hydroxylation is 2. The number of fused-ring (bicyclic) bond motifs is 2.